The molecule has 0 aliphatic heterocycles. The fourth-order valence-electron chi connectivity index (χ4n) is 7.18. The van der Waals surface area contributed by atoms with E-state index >= 15 is 0 Å². The average molecular weight is 616 g/mol. The van der Waals surface area contributed by atoms with Gasteiger partial charge < -0.3 is 9.32 Å². The van der Waals surface area contributed by atoms with Crippen LogP contribution >= 0.6 is 0 Å². The van der Waals surface area contributed by atoms with Gasteiger partial charge in [0.05, 0.1) is 6.04 Å². The smallest absolute Gasteiger partial charge is 0.143 e. The third-order valence-electron chi connectivity index (χ3n) is 9.58. The van der Waals surface area contributed by atoms with Crippen molar-refractivity contribution >= 4 is 44.1 Å². The van der Waals surface area contributed by atoms with Crippen molar-refractivity contribution < 1.29 is 4.42 Å². The summed E-state index contributed by atoms with van der Waals surface area (Å²) in [6.45, 7) is 0. The van der Waals surface area contributed by atoms with Crippen LogP contribution in [0.25, 0.3) is 66.1 Å². The standard InChI is InChI=1S/C46H33NO/c1-4-12-32(13-5-1)33-20-25-38(26-21-33)47(37-16-8-3-9-17-37)39-27-22-34(23-28-39)36-24-29-45-43(30-36)44-31-42(35-14-6-2-7-15-35)40-18-10-11-19-41(40)46(44)48-45/h1-16,18-31,37H,17H2. The van der Waals surface area contributed by atoms with Gasteiger partial charge >= 0.3 is 0 Å². The lowest BCUT2D eigenvalue weighted by atomic mass is 9.95. The van der Waals surface area contributed by atoms with Crippen LogP contribution < -0.4 is 4.90 Å². The summed E-state index contributed by atoms with van der Waals surface area (Å²) >= 11 is 0. The molecule has 1 unspecified atom stereocenters. The zero-order chi connectivity index (χ0) is 31.9. The number of anilines is 2. The summed E-state index contributed by atoms with van der Waals surface area (Å²) in [4.78, 5) is 2.45. The molecule has 2 heteroatoms. The van der Waals surface area contributed by atoms with E-state index in [0.717, 1.165) is 33.7 Å². The number of hydrogen-bond donors (Lipinski definition) is 0. The Labute approximate surface area is 280 Å². The molecule has 2 nitrogen and oxygen atoms in total. The monoisotopic (exact) mass is 615 g/mol. The summed E-state index contributed by atoms with van der Waals surface area (Å²) in [7, 11) is 0. The van der Waals surface area contributed by atoms with Crippen molar-refractivity contribution in [2.75, 3.05) is 4.90 Å². The van der Waals surface area contributed by atoms with Crippen LogP contribution in [0.2, 0.25) is 0 Å². The van der Waals surface area contributed by atoms with Gasteiger partial charge in [-0.25, -0.2) is 0 Å². The van der Waals surface area contributed by atoms with E-state index in [1.165, 1.54) is 50.1 Å². The first-order valence-electron chi connectivity index (χ1n) is 16.6. The number of nitrogens with zero attached hydrogens (tertiary/aromatic N) is 1. The molecule has 1 heterocycles. The minimum atomic E-state index is 0.241. The topological polar surface area (TPSA) is 16.4 Å². The quantitative estimate of drug-likeness (QED) is 0.185. The second kappa shape index (κ2) is 11.9. The van der Waals surface area contributed by atoms with Crippen LogP contribution in [0.15, 0.2) is 186 Å². The van der Waals surface area contributed by atoms with Gasteiger partial charge in [0.15, 0.2) is 0 Å². The van der Waals surface area contributed by atoms with E-state index in [-0.39, 0.29) is 6.04 Å². The van der Waals surface area contributed by atoms with Crippen LogP contribution in [0.5, 0.6) is 0 Å². The van der Waals surface area contributed by atoms with Crippen LogP contribution in [-0.2, 0) is 0 Å². The average Bonchev–Trinajstić information content (AvgIpc) is 3.54. The number of hydrogen-bond acceptors (Lipinski definition) is 2. The number of furan rings is 1. The van der Waals surface area contributed by atoms with E-state index in [1.807, 2.05) is 0 Å². The van der Waals surface area contributed by atoms with Crippen molar-refractivity contribution in [1.29, 1.82) is 0 Å². The molecule has 0 N–H and O–H groups in total. The third-order valence-corrected chi connectivity index (χ3v) is 9.58. The summed E-state index contributed by atoms with van der Waals surface area (Å²) < 4.78 is 6.53. The molecule has 9 rings (SSSR count). The maximum Gasteiger partial charge on any atom is 0.143 e. The summed E-state index contributed by atoms with van der Waals surface area (Å²) in [6.07, 6.45) is 9.80. The van der Waals surface area contributed by atoms with E-state index in [4.69, 9.17) is 4.42 Å². The predicted molar refractivity (Wildman–Crippen MR) is 203 cm³/mol. The Balaban J connectivity index is 1.10. The van der Waals surface area contributed by atoms with Crippen molar-refractivity contribution in [1.82, 2.24) is 0 Å². The van der Waals surface area contributed by atoms with Crippen LogP contribution in [0, 0.1) is 0 Å². The second-order valence-corrected chi connectivity index (χ2v) is 12.5. The summed E-state index contributed by atoms with van der Waals surface area (Å²) in [5.74, 6) is 0. The largest absolute Gasteiger partial charge is 0.455 e. The molecule has 1 aliphatic carbocycles. The van der Waals surface area contributed by atoms with Gasteiger partial charge in [0.2, 0.25) is 0 Å². The summed E-state index contributed by atoms with van der Waals surface area (Å²) in [5, 5.41) is 4.62. The maximum absolute atomic E-state index is 6.53. The minimum absolute atomic E-state index is 0.241. The van der Waals surface area contributed by atoms with Gasteiger partial charge in [0, 0.05) is 27.5 Å². The highest BCUT2D eigenvalue weighted by atomic mass is 16.3. The molecule has 0 saturated carbocycles. The Morgan fingerprint density at radius 2 is 1.04 bits per heavy atom. The van der Waals surface area contributed by atoms with E-state index in [0.29, 0.717) is 0 Å². The molecule has 0 saturated heterocycles. The Hall–Kier alpha value is -6.12. The van der Waals surface area contributed by atoms with E-state index in [9.17, 15) is 0 Å². The van der Waals surface area contributed by atoms with Crippen LogP contribution in [0.1, 0.15) is 6.42 Å². The van der Waals surface area contributed by atoms with Crippen molar-refractivity contribution in [2.24, 2.45) is 0 Å². The Kier molecular flexibility index (Phi) is 6.98. The van der Waals surface area contributed by atoms with E-state index in [2.05, 4.69) is 187 Å². The zero-order valence-corrected chi connectivity index (χ0v) is 26.5. The Morgan fingerprint density at radius 3 is 1.71 bits per heavy atom. The van der Waals surface area contributed by atoms with Gasteiger partial charge in [-0.1, -0.05) is 140 Å². The fourth-order valence-corrected chi connectivity index (χ4v) is 7.18. The van der Waals surface area contributed by atoms with Crippen molar-refractivity contribution in [3.8, 4) is 33.4 Å². The molecule has 0 spiro atoms. The van der Waals surface area contributed by atoms with Crippen molar-refractivity contribution in [2.45, 2.75) is 12.5 Å². The lowest BCUT2D eigenvalue weighted by Gasteiger charge is -2.33. The molecule has 7 aromatic carbocycles. The zero-order valence-electron chi connectivity index (χ0n) is 26.5. The van der Waals surface area contributed by atoms with Gasteiger partial charge in [-0.05, 0) is 87.7 Å². The van der Waals surface area contributed by atoms with E-state index < -0.39 is 0 Å². The highest BCUT2D eigenvalue weighted by molar-refractivity contribution is 6.19. The molecule has 0 bridgehead atoms. The molecule has 228 valence electrons. The molecule has 0 fully saturated rings. The molecule has 1 aliphatic rings. The third kappa shape index (κ3) is 4.99. The highest BCUT2D eigenvalue weighted by Crippen LogP contribution is 2.41. The second-order valence-electron chi connectivity index (χ2n) is 12.5. The van der Waals surface area contributed by atoms with Crippen LogP contribution in [0.3, 0.4) is 0 Å². The molecule has 1 aromatic heterocycles. The molecule has 1 atom stereocenters. The first kappa shape index (κ1) is 28.1. The van der Waals surface area contributed by atoms with Crippen molar-refractivity contribution in [3.05, 3.63) is 182 Å². The summed E-state index contributed by atoms with van der Waals surface area (Å²) in [5.41, 5.74) is 11.4. The molecule has 8 aromatic rings. The number of benzene rings is 7. The highest BCUT2D eigenvalue weighted by Gasteiger charge is 2.20. The van der Waals surface area contributed by atoms with E-state index in [1.54, 1.807) is 0 Å². The molecular weight excluding hydrogens is 583 g/mol. The molecule has 0 amide bonds. The minimum Gasteiger partial charge on any atom is -0.455 e. The number of rotatable bonds is 6. The SMILES string of the molecule is C1=CCC(N(c2ccc(-c3ccccc3)cc2)c2ccc(-c3ccc4oc5c6ccccc6c(-c6ccccc6)cc5c4c3)cc2)C=C1. The maximum atomic E-state index is 6.53. The molecular formula is C46H33NO. The van der Waals surface area contributed by atoms with Gasteiger partial charge in [-0.2, -0.15) is 0 Å². The first-order chi connectivity index (χ1) is 23.8. The lowest BCUT2D eigenvalue weighted by molar-refractivity contribution is 0.673. The molecule has 0 radical (unpaired) electrons. The van der Waals surface area contributed by atoms with Gasteiger partial charge in [-0.15, -0.1) is 0 Å². The van der Waals surface area contributed by atoms with Crippen LogP contribution in [0.4, 0.5) is 11.4 Å². The Morgan fingerprint density at radius 1 is 0.458 bits per heavy atom. The molecule has 48 heavy (non-hydrogen) atoms. The van der Waals surface area contributed by atoms with Gasteiger partial charge in [0.25, 0.3) is 0 Å². The van der Waals surface area contributed by atoms with Gasteiger partial charge in [-0.3, -0.25) is 0 Å². The lowest BCUT2D eigenvalue weighted by Crippen LogP contribution is -2.29. The fraction of sp³-hybridized carbons (Fsp3) is 0.0435. The first-order valence-corrected chi connectivity index (χ1v) is 16.6. The number of allylic oxidation sites excluding steroid dienone is 2. The van der Waals surface area contributed by atoms with Crippen LogP contribution in [-0.4, -0.2) is 6.04 Å². The summed E-state index contributed by atoms with van der Waals surface area (Å²) in [6, 6.07) is 56.8. The Bertz CT molecular complexity index is 2450. The van der Waals surface area contributed by atoms with Crippen molar-refractivity contribution in [3.63, 3.8) is 0 Å². The predicted octanol–water partition coefficient (Wildman–Crippen LogP) is 12.8. The number of fused-ring (bicyclic) bond motifs is 5. The van der Waals surface area contributed by atoms with Gasteiger partial charge in [0.1, 0.15) is 11.2 Å². The normalized spacial score (nSPS) is 14.2.